The average molecular weight is 356 g/mol. The van der Waals surface area contributed by atoms with Gasteiger partial charge in [0, 0.05) is 22.8 Å². The maximum Gasteiger partial charge on any atom is 0.222 e. The van der Waals surface area contributed by atoms with Crippen LogP contribution in [-0.2, 0) is 13.2 Å². The molecule has 3 aromatic rings. The monoisotopic (exact) mass is 355 g/mol. The molecule has 7 heteroatoms. The van der Waals surface area contributed by atoms with Crippen molar-refractivity contribution in [1.29, 1.82) is 0 Å². The Morgan fingerprint density at radius 3 is 2.28 bits per heavy atom. The number of anilines is 3. The summed E-state index contributed by atoms with van der Waals surface area (Å²) < 4.78 is 0. The molecular weight excluding hydrogens is 338 g/mol. The van der Waals surface area contributed by atoms with Crippen molar-refractivity contribution >= 4 is 29.1 Å². The first-order chi connectivity index (χ1) is 12.1. The van der Waals surface area contributed by atoms with Crippen LogP contribution in [0.4, 0.5) is 17.5 Å². The highest BCUT2D eigenvalue weighted by Crippen LogP contribution is 2.29. The van der Waals surface area contributed by atoms with Gasteiger partial charge in [0.15, 0.2) is 0 Å². The Kier molecular flexibility index (Phi) is 5.02. The molecule has 1 heterocycles. The molecule has 0 atom stereocenters. The molecule has 2 aromatic carbocycles. The average Bonchev–Trinajstić information content (AvgIpc) is 2.61. The van der Waals surface area contributed by atoms with E-state index in [-0.39, 0.29) is 18.4 Å². The van der Waals surface area contributed by atoms with Gasteiger partial charge in [-0.1, -0.05) is 35.9 Å². The van der Waals surface area contributed by atoms with Gasteiger partial charge in [-0.3, -0.25) is 0 Å². The SMILES string of the molecule is Nc1nc(N)c(-c2ccc(NCc3ccc(Cl)cc3)cc2)c(CO)n1. The zero-order valence-electron chi connectivity index (χ0n) is 13.4. The number of nitrogens with zero attached hydrogens (tertiary/aromatic N) is 2. The minimum Gasteiger partial charge on any atom is -0.390 e. The number of aromatic nitrogens is 2. The second-order valence-electron chi connectivity index (χ2n) is 5.50. The van der Waals surface area contributed by atoms with Gasteiger partial charge < -0.3 is 21.9 Å². The number of rotatable bonds is 5. The van der Waals surface area contributed by atoms with Gasteiger partial charge in [0.05, 0.1) is 12.3 Å². The van der Waals surface area contributed by atoms with Gasteiger partial charge in [-0.05, 0) is 35.4 Å². The highest BCUT2D eigenvalue weighted by Gasteiger charge is 2.12. The molecule has 25 heavy (non-hydrogen) atoms. The molecule has 0 fully saturated rings. The summed E-state index contributed by atoms with van der Waals surface area (Å²) in [6.07, 6.45) is 0. The molecule has 0 aliphatic heterocycles. The summed E-state index contributed by atoms with van der Waals surface area (Å²) >= 11 is 5.89. The van der Waals surface area contributed by atoms with E-state index in [1.54, 1.807) is 0 Å². The minimum atomic E-state index is -0.261. The Labute approximate surface area is 150 Å². The summed E-state index contributed by atoms with van der Waals surface area (Å²) in [5.41, 5.74) is 15.4. The first-order valence-corrected chi connectivity index (χ1v) is 8.06. The Morgan fingerprint density at radius 2 is 1.64 bits per heavy atom. The lowest BCUT2D eigenvalue weighted by atomic mass is 10.0. The van der Waals surface area contributed by atoms with Crippen molar-refractivity contribution in [3.63, 3.8) is 0 Å². The smallest absolute Gasteiger partial charge is 0.222 e. The van der Waals surface area contributed by atoms with Gasteiger partial charge in [0.25, 0.3) is 0 Å². The second kappa shape index (κ2) is 7.38. The Bertz CT molecular complexity index is 866. The topological polar surface area (TPSA) is 110 Å². The molecule has 1 aromatic heterocycles. The molecule has 6 N–H and O–H groups in total. The van der Waals surface area contributed by atoms with E-state index < -0.39 is 0 Å². The fourth-order valence-electron chi connectivity index (χ4n) is 2.54. The molecule has 6 nitrogen and oxygen atoms in total. The van der Waals surface area contributed by atoms with Crippen molar-refractivity contribution in [2.45, 2.75) is 13.2 Å². The van der Waals surface area contributed by atoms with Crippen molar-refractivity contribution in [2.24, 2.45) is 0 Å². The molecule has 0 bridgehead atoms. The molecule has 0 aliphatic rings. The van der Waals surface area contributed by atoms with Gasteiger partial charge in [-0.25, -0.2) is 4.98 Å². The zero-order valence-corrected chi connectivity index (χ0v) is 14.2. The molecule has 3 rings (SSSR count). The summed E-state index contributed by atoms with van der Waals surface area (Å²) in [7, 11) is 0. The van der Waals surface area contributed by atoms with Crippen LogP contribution in [0.1, 0.15) is 11.3 Å². The van der Waals surface area contributed by atoms with Crippen LogP contribution < -0.4 is 16.8 Å². The molecule has 0 spiro atoms. The van der Waals surface area contributed by atoms with E-state index >= 15 is 0 Å². The quantitative estimate of drug-likeness (QED) is 0.560. The van der Waals surface area contributed by atoms with Crippen LogP contribution >= 0.6 is 11.6 Å². The van der Waals surface area contributed by atoms with E-state index in [4.69, 9.17) is 23.1 Å². The Morgan fingerprint density at radius 1 is 0.960 bits per heavy atom. The highest BCUT2D eigenvalue weighted by molar-refractivity contribution is 6.30. The van der Waals surface area contributed by atoms with Crippen LogP contribution in [0.3, 0.4) is 0 Å². The van der Waals surface area contributed by atoms with E-state index in [0.29, 0.717) is 17.8 Å². The zero-order chi connectivity index (χ0) is 17.8. The van der Waals surface area contributed by atoms with E-state index in [1.165, 1.54) is 0 Å². The fraction of sp³-hybridized carbons (Fsp3) is 0.111. The number of benzene rings is 2. The maximum atomic E-state index is 9.49. The third kappa shape index (κ3) is 3.99. The van der Waals surface area contributed by atoms with Crippen molar-refractivity contribution in [2.75, 3.05) is 16.8 Å². The minimum absolute atomic E-state index is 0.0477. The molecule has 0 radical (unpaired) electrons. The number of aliphatic hydroxyl groups excluding tert-OH is 1. The second-order valence-corrected chi connectivity index (χ2v) is 5.94. The predicted molar refractivity (Wildman–Crippen MR) is 101 cm³/mol. The number of hydrogen-bond donors (Lipinski definition) is 4. The summed E-state index contributed by atoms with van der Waals surface area (Å²) in [6, 6.07) is 15.3. The maximum absolute atomic E-state index is 9.49. The first kappa shape index (κ1) is 17.0. The number of nitrogens with two attached hydrogens (primary N) is 2. The van der Waals surface area contributed by atoms with Crippen molar-refractivity contribution in [3.8, 4) is 11.1 Å². The van der Waals surface area contributed by atoms with Crippen molar-refractivity contribution < 1.29 is 5.11 Å². The molecule has 0 unspecified atom stereocenters. The largest absolute Gasteiger partial charge is 0.390 e. The first-order valence-electron chi connectivity index (χ1n) is 7.68. The summed E-state index contributed by atoms with van der Waals surface area (Å²) in [4.78, 5) is 8.02. The molecule has 128 valence electrons. The standard InChI is InChI=1S/C18H18ClN5O/c19-13-5-1-11(2-6-13)9-22-14-7-3-12(4-8-14)16-15(10-25)23-18(21)24-17(16)20/h1-8,22,25H,9-10H2,(H4,20,21,23,24). The third-order valence-electron chi connectivity index (χ3n) is 3.76. The third-order valence-corrected chi connectivity index (χ3v) is 4.01. The molecular formula is C18H18ClN5O. The Balaban J connectivity index is 1.77. The van der Waals surface area contributed by atoms with Crippen LogP contribution in [0, 0.1) is 0 Å². The van der Waals surface area contributed by atoms with Crippen LogP contribution in [-0.4, -0.2) is 15.1 Å². The van der Waals surface area contributed by atoms with E-state index in [0.717, 1.165) is 21.8 Å². The van der Waals surface area contributed by atoms with Crippen LogP contribution in [0.25, 0.3) is 11.1 Å². The van der Waals surface area contributed by atoms with Gasteiger partial charge >= 0.3 is 0 Å². The number of hydrogen-bond acceptors (Lipinski definition) is 6. The molecule has 0 saturated carbocycles. The van der Waals surface area contributed by atoms with Crippen molar-refractivity contribution in [3.05, 3.63) is 64.8 Å². The van der Waals surface area contributed by atoms with E-state index in [2.05, 4.69) is 15.3 Å². The van der Waals surface area contributed by atoms with Gasteiger partial charge in [-0.2, -0.15) is 4.98 Å². The lowest BCUT2D eigenvalue weighted by Gasteiger charge is -2.12. The molecule has 0 saturated heterocycles. The normalized spacial score (nSPS) is 10.6. The van der Waals surface area contributed by atoms with Gasteiger partial charge in [0.1, 0.15) is 5.82 Å². The lowest BCUT2D eigenvalue weighted by Crippen LogP contribution is -2.06. The Hall–Kier alpha value is -2.83. The number of nitrogen functional groups attached to an aromatic ring is 2. The van der Waals surface area contributed by atoms with Gasteiger partial charge in [-0.15, -0.1) is 0 Å². The van der Waals surface area contributed by atoms with E-state index in [1.807, 2.05) is 48.5 Å². The summed E-state index contributed by atoms with van der Waals surface area (Å²) in [5, 5.41) is 13.5. The van der Waals surface area contributed by atoms with Crippen LogP contribution in [0.2, 0.25) is 5.02 Å². The summed E-state index contributed by atoms with van der Waals surface area (Å²) in [5.74, 6) is 0.296. The summed E-state index contributed by atoms with van der Waals surface area (Å²) in [6.45, 7) is 0.425. The highest BCUT2D eigenvalue weighted by atomic mass is 35.5. The van der Waals surface area contributed by atoms with Crippen LogP contribution in [0.5, 0.6) is 0 Å². The lowest BCUT2D eigenvalue weighted by molar-refractivity contribution is 0.277. The molecule has 0 aliphatic carbocycles. The number of aliphatic hydroxyl groups is 1. The number of halogens is 1. The molecule has 0 amide bonds. The van der Waals surface area contributed by atoms with E-state index in [9.17, 15) is 5.11 Å². The van der Waals surface area contributed by atoms with Crippen LogP contribution in [0.15, 0.2) is 48.5 Å². The number of nitrogens with one attached hydrogen (secondary N) is 1. The van der Waals surface area contributed by atoms with Gasteiger partial charge in [0.2, 0.25) is 5.95 Å². The van der Waals surface area contributed by atoms with Crippen molar-refractivity contribution in [1.82, 2.24) is 9.97 Å². The predicted octanol–water partition coefficient (Wildman–Crippen LogP) is 3.07. The fourth-order valence-corrected chi connectivity index (χ4v) is 2.66.